The highest BCUT2D eigenvalue weighted by Crippen LogP contribution is 2.43. The SMILES string of the molecule is FC(F)(Cl)SSCl. The number of hydrogen-bond donors (Lipinski definition) is 0. The van der Waals surface area contributed by atoms with E-state index in [1.807, 2.05) is 0 Å². The van der Waals surface area contributed by atoms with Crippen LogP contribution in [-0.2, 0) is 0 Å². The van der Waals surface area contributed by atoms with Crippen LogP contribution in [0.2, 0.25) is 0 Å². The van der Waals surface area contributed by atoms with Crippen LogP contribution in [-0.4, -0.2) is 4.71 Å². The minimum atomic E-state index is -3.23. The van der Waals surface area contributed by atoms with Crippen molar-refractivity contribution in [2.24, 2.45) is 0 Å². The zero-order valence-electron chi connectivity index (χ0n) is 2.83. The van der Waals surface area contributed by atoms with E-state index >= 15 is 0 Å². The summed E-state index contributed by atoms with van der Waals surface area (Å²) >= 11 is 4.36. The van der Waals surface area contributed by atoms with Crippen LogP contribution in [0.4, 0.5) is 8.78 Å². The summed E-state index contributed by atoms with van der Waals surface area (Å²) in [7, 11) is 5.32. The molecule has 0 aromatic carbocycles. The first kappa shape index (κ1) is 8.14. The van der Waals surface area contributed by atoms with Crippen molar-refractivity contribution in [3.8, 4) is 0 Å². The van der Waals surface area contributed by atoms with E-state index in [4.69, 9.17) is 10.7 Å². The van der Waals surface area contributed by atoms with Crippen LogP contribution in [0.5, 0.6) is 0 Å². The van der Waals surface area contributed by atoms with Crippen LogP contribution >= 0.6 is 43.1 Å². The lowest BCUT2D eigenvalue weighted by Crippen LogP contribution is -1.92. The van der Waals surface area contributed by atoms with E-state index in [9.17, 15) is 8.78 Å². The van der Waals surface area contributed by atoms with Gasteiger partial charge in [0.15, 0.2) is 0 Å². The highest BCUT2D eigenvalue weighted by Gasteiger charge is 2.25. The van der Waals surface area contributed by atoms with Crippen molar-refractivity contribution >= 4 is 43.1 Å². The summed E-state index contributed by atoms with van der Waals surface area (Å²) in [5.74, 6) is 0. The van der Waals surface area contributed by atoms with E-state index < -0.39 is 4.71 Å². The zero-order chi connectivity index (χ0) is 5.91. The average Bonchev–Trinajstić information content (AvgIpc) is 1.30. The van der Waals surface area contributed by atoms with E-state index in [-0.39, 0.29) is 10.8 Å². The predicted molar refractivity (Wildman–Crippen MR) is 31.8 cm³/mol. The zero-order valence-corrected chi connectivity index (χ0v) is 5.97. The van der Waals surface area contributed by atoms with Gasteiger partial charge in [0.25, 0.3) is 0 Å². The Morgan fingerprint density at radius 1 is 1.43 bits per heavy atom. The van der Waals surface area contributed by atoms with Crippen molar-refractivity contribution in [1.29, 1.82) is 0 Å². The molecule has 0 nitrogen and oxygen atoms in total. The van der Waals surface area contributed by atoms with Gasteiger partial charge in [0, 0.05) is 20.8 Å². The molecule has 0 aromatic rings. The maximum atomic E-state index is 11.3. The molecule has 6 heteroatoms. The first-order chi connectivity index (χ1) is 3.06. The van der Waals surface area contributed by atoms with Crippen LogP contribution in [0, 0.1) is 0 Å². The first-order valence-corrected chi connectivity index (χ1v) is 4.45. The molecule has 7 heavy (non-hydrogen) atoms. The molecule has 0 aliphatic carbocycles. The topological polar surface area (TPSA) is 0 Å². The molecular formula is CCl2F2S2. The van der Waals surface area contributed by atoms with Crippen LogP contribution in [0.25, 0.3) is 0 Å². The summed E-state index contributed by atoms with van der Waals surface area (Å²) in [6.45, 7) is 0. The third-order valence-electron chi connectivity index (χ3n) is 0.126. The maximum Gasteiger partial charge on any atom is 0.381 e. The van der Waals surface area contributed by atoms with E-state index in [2.05, 4.69) is 11.6 Å². The fourth-order valence-corrected chi connectivity index (χ4v) is 1.61. The van der Waals surface area contributed by atoms with E-state index in [0.29, 0.717) is 10.0 Å². The van der Waals surface area contributed by atoms with Crippen molar-refractivity contribution in [1.82, 2.24) is 0 Å². The van der Waals surface area contributed by atoms with Gasteiger partial charge in [-0.1, -0.05) is 0 Å². The van der Waals surface area contributed by atoms with Gasteiger partial charge in [-0.3, -0.25) is 0 Å². The summed E-state index contributed by atoms with van der Waals surface area (Å²) in [5, 5.41) is 0. The highest BCUT2D eigenvalue weighted by atomic mass is 35.7. The van der Waals surface area contributed by atoms with Crippen molar-refractivity contribution in [3.05, 3.63) is 0 Å². The molecular weight excluding hydrogens is 185 g/mol. The monoisotopic (exact) mass is 184 g/mol. The Balaban J connectivity index is 3.15. The molecule has 0 spiro atoms. The summed E-state index contributed by atoms with van der Waals surface area (Å²) in [4.78, 5) is 0. The number of rotatable bonds is 2. The Morgan fingerprint density at radius 2 is 1.86 bits per heavy atom. The van der Waals surface area contributed by atoms with Gasteiger partial charge in [0.2, 0.25) is 0 Å². The molecule has 0 heterocycles. The van der Waals surface area contributed by atoms with Crippen molar-refractivity contribution in [3.63, 3.8) is 0 Å². The highest BCUT2D eigenvalue weighted by molar-refractivity contribution is 8.85. The number of halogens is 4. The van der Waals surface area contributed by atoms with E-state index in [1.165, 1.54) is 0 Å². The van der Waals surface area contributed by atoms with Gasteiger partial charge in [-0.25, -0.2) is 0 Å². The molecule has 0 fully saturated rings. The van der Waals surface area contributed by atoms with Crippen molar-refractivity contribution in [2.45, 2.75) is 4.71 Å². The predicted octanol–water partition coefficient (Wildman–Crippen LogP) is 3.31. The van der Waals surface area contributed by atoms with Crippen LogP contribution in [0.1, 0.15) is 0 Å². The standard InChI is InChI=1S/CCl2F2S2/c2-1(4,5)6-7-3. The van der Waals surface area contributed by atoms with Crippen LogP contribution in [0.15, 0.2) is 0 Å². The summed E-state index contributed by atoms with van der Waals surface area (Å²) in [6.07, 6.45) is 0. The third kappa shape index (κ3) is 7.14. The van der Waals surface area contributed by atoms with Gasteiger partial charge in [-0.05, 0) is 22.3 Å². The number of hydrogen-bond acceptors (Lipinski definition) is 2. The van der Waals surface area contributed by atoms with Gasteiger partial charge in [-0.15, -0.1) is 0 Å². The molecule has 0 aliphatic rings. The second kappa shape index (κ2) is 3.22. The summed E-state index contributed by atoms with van der Waals surface area (Å²) in [5.41, 5.74) is 0. The Kier molecular flexibility index (Phi) is 3.75. The van der Waals surface area contributed by atoms with Crippen molar-refractivity contribution < 1.29 is 8.78 Å². The number of alkyl halides is 3. The molecule has 0 saturated heterocycles. The molecule has 0 atom stereocenters. The van der Waals surface area contributed by atoms with Gasteiger partial charge in [0.1, 0.15) is 0 Å². The molecule has 0 amide bonds. The lowest BCUT2D eigenvalue weighted by molar-refractivity contribution is 0.205. The minimum Gasteiger partial charge on any atom is -0.176 e. The second-order valence-electron chi connectivity index (χ2n) is 0.592. The minimum absolute atomic E-state index is 0.103. The van der Waals surface area contributed by atoms with Gasteiger partial charge >= 0.3 is 4.71 Å². The fourth-order valence-electron chi connectivity index (χ4n) is 0.0357. The molecule has 0 unspecified atom stereocenters. The Hall–Kier alpha value is 1.14. The maximum absolute atomic E-state index is 11.3. The molecule has 0 aliphatic heterocycles. The normalized spacial score (nSPS) is 12.0. The Morgan fingerprint density at radius 3 is 1.86 bits per heavy atom. The Labute approximate surface area is 56.8 Å². The Bertz CT molecular complexity index is 52.1. The lowest BCUT2D eigenvalue weighted by atomic mass is 11.6. The van der Waals surface area contributed by atoms with Gasteiger partial charge < -0.3 is 0 Å². The second-order valence-corrected chi connectivity index (χ2v) is 4.11. The fraction of sp³-hybridized carbons (Fsp3) is 1.00. The molecule has 0 radical (unpaired) electrons. The smallest absolute Gasteiger partial charge is 0.176 e. The first-order valence-electron chi connectivity index (χ1n) is 1.09. The molecule has 0 bridgehead atoms. The quantitative estimate of drug-likeness (QED) is 0.478. The van der Waals surface area contributed by atoms with Gasteiger partial charge in [-0.2, -0.15) is 8.78 Å². The van der Waals surface area contributed by atoms with Crippen molar-refractivity contribution in [2.75, 3.05) is 0 Å². The summed E-state index contributed by atoms with van der Waals surface area (Å²) < 4.78 is 19.5. The average molecular weight is 185 g/mol. The van der Waals surface area contributed by atoms with E-state index in [0.717, 1.165) is 0 Å². The molecule has 0 N–H and O–H groups in total. The van der Waals surface area contributed by atoms with Crippen LogP contribution in [0.3, 0.4) is 0 Å². The largest absolute Gasteiger partial charge is 0.381 e. The lowest BCUT2D eigenvalue weighted by Gasteiger charge is -1.98. The molecule has 0 saturated carbocycles. The summed E-state index contributed by atoms with van der Waals surface area (Å²) in [6, 6.07) is 0. The molecule has 0 aromatic heterocycles. The molecule has 44 valence electrons. The van der Waals surface area contributed by atoms with Gasteiger partial charge in [0.05, 0.1) is 0 Å². The van der Waals surface area contributed by atoms with E-state index in [1.54, 1.807) is 0 Å². The third-order valence-corrected chi connectivity index (χ3v) is 2.27. The molecule has 0 rings (SSSR count). The van der Waals surface area contributed by atoms with Crippen LogP contribution < -0.4 is 0 Å².